The first kappa shape index (κ1) is 54.4. The van der Waals surface area contributed by atoms with Crippen molar-refractivity contribution in [2.45, 2.75) is 88.4 Å². The van der Waals surface area contributed by atoms with Gasteiger partial charge in [-0.25, -0.2) is 0 Å². The fraction of sp³-hybridized carbons (Fsp3) is 0.175. The Morgan fingerprint density at radius 2 is 0.644 bits per heavy atom. The summed E-state index contributed by atoms with van der Waals surface area (Å²) in [5.74, 6) is -0.381. The van der Waals surface area contributed by atoms with Gasteiger partial charge < -0.3 is 18.3 Å². The average molecular weight is 1190 g/mol. The number of fused-ring (bicyclic) bond motifs is 14. The Balaban J connectivity index is 1.18. The SMILES string of the molecule is FC(F)(F)c1cccc(-c2c(C3CCCCC3)c(-n3c4ccccc4c4ccc5c(c6ccccc6n5-c5ccccc5)c43)c(C3CCCCC3)c(-c3cccc(C(F)(F)F)c3)c2-n2c3ccccc3c3ccc4c(c5ccccc5n4-c4ccccc4)c32)c1. The van der Waals surface area contributed by atoms with Gasteiger partial charge in [0.05, 0.1) is 66.6 Å². The molecule has 0 N–H and O–H groups in total. The van der Waals surface area contributed by atoms with Crippen LogP contribution in [0.1, 0.15) is 98.3 Å². The van der Waals surface area contributed by atoms with Gasteiger partial charge in [-0.15, -0.1) is 0 Å². The van der Waals surface area contributed by atoms with E-state index >= 15 is 26.3 Å². The highest BCUT2D eigenvalue weighted by molar-refractivity contribution is 6.28. The van der Waals surface area contributed by atoms with Crippen molar-refractivity contribution in [1.29, 1.82) is 0 Å². The summed E-state index contributed by atoms with van der Waals surface area (Å²) in [6, 6.07) is 74.5. The number of alkyl halides is 6. The predicted molar refractivity (Wildman–Crippen MR) is 356 cm³/mol. The molecule has 17 rings (SSSR count). The van der Waals surface area contributed by atoms with Crippen LogP contribution in [0.5, 0.6) is 0 Å². The van der Waals surface area contributed by atoms with E-state index in [9.17, 15) is 0 Å². The summed E-state index contributed by atoms with van der Waals surface area (Å²) >= 11 is 0. The van der Waals surface area contributed by atoms with E-state index < -0.39 is 23.5 Å². The number of rotatable bonds is 8. The summed E-state index contributed by atoms with van der Waals surface area (Å²) in [5, 5.41) is 7.77. The number of nitrogens with zero attached hydrogens (tertiary/aromatic N) is 4. The van der Waals surface area contributed by atoms with Crippen molar-refractivity contribution in [2.24, 2.45) is 0 Å². The molecule has 2 fully saturated rings. The van der Waals surface area contributed by atoms with Crippen LogP contribution in [0, 0.1) is 0 Å². The molecule has 2 aliphatic rings. The smallest absolute Gasteiger partial charge is 0.309 e. The van der Waals surface area contributed by atoms with Gasteiger partial charge in [-0.1, -0.05) is 184 Å². The van der Waals surface area contributed by atoms with Crippen LogP contribution in [0.15, 0.2) is 231 Å². The van der Waals surface area contributed by atoms with Crippen molar-refractivity contribution in [1.82, 2.24) is 18.3 Å². The maximum atomic E-state index is 15.9. The second kappa shape index (κ2) is 20.9. The van der Waals surface area contributed by atoms with Crippen LogP contribution in [0.3, 0.4) is 0 Å². The van der Waals surface area contributed by atoms with Gasteiger partial charge >= 0.3 is 12.4 Å². The van der Waals surface area contributed by atoms with Gasteiger partial charge in [0.2, 0.25) is 0 Å². The third-order valence-corrected chi connectivity index (χ3v) is 19.9. The lowest BCUT2D eigenvalue weighted by atomic mass is 9.72. The van der Waals surface area contributed by atoms with E-state index in [-0.39, 0.29) is 11.8 Å². The number of hydrogen-bond donors (Lipinski definition) is 0. The molecule has 4 aromatic heterocycles. The Morgan fingerprint density at radius 1 is 0.289 bits per heavy atom. The summed E-state index contributed by atoms with van der Waals surface area (Å²) < 4.78 is 105. The number of halogens is 6. The molecule has 0 aliphatic heterocycles. The van der Waals surface area contributed by atoms with Crippen molar-refractivity contribution in [3.63, 3.8) is 0 Å². The minimum atomic E-state index is -4.74. The summed E-state index contributed by atoms with van der Waals surface area (Å²) in [4.78, 5) is 0. The van der Waals surface area contributed by atoms with Gasteiger partial charge in [0, 0.05) is 65.6 Å². The molecule has 0 radical (unpaired) electrons. The minimum absolute atomic E-state index is 0.191. The van der Waals surface area contributed by atoms with E-state index in [4.69, 9.17) is 0 Å². The fourth-order valence-corrected chi connectivity index (χ4v) is 16.3. The second-order valence-electron chi connectivity index (χ2n) is 24.9. The van der Waals surface area contributed by atoms with Gasteiger partial charge in [-0.3, -0.25) is 0 Å². The van der Waals surface area contributed by atoms with Crippen LogP contribution < -0.4 is 0 Å². The highest BCUT2D eigenvalue weighted by Gasteiger charge is 2.40. The summed E-state index contributed by atoms with van der Waals surface area (Å²) in [6.07, 6.45) is -0.861. The van der Waals surface area contributed by atoms with Crippen LogP contribution >= 0.6 is 0 Å². The Morgan fingerprint density at radius 3 is 1.04 bits per heavy atom. The van der Waals surface area contributed by atoms with Crippen molar-refractivity contribution in [3.8, 4) is 45.0 Å². The number of para-hydroxylation sites is 6. The molecule has 0 spiro atoms. The zero-order chi connectivity index (χ0) is 60.6. The molecule has 0 unspecified atom stereocenters. The Kier molecular flexibility index (Phi) is 12.6. The molecule has 0 atom stereocenters. The molecule has 11 aromatic carbocycles. The Labute approximate surface area is 515 Å². The molecule has 2 saturated carbocycles. The standard InChI is InChI=1S/C80H60F6N4/c81-79(82,83)53-29-21-27-51(47-53)71-69(49-23-5-1-6-24-49)77(89-63-39-17-13-35-57(63)59-43-45-67-73(75(59)89)61-37-15-19-41-65(61)87(67)55-31-9-3-10-32-55)70(50-25-7-2-8-26-50)72(52-28-22-30-54(48-52)80(84,85)86)78(71)90-64-40-18-14-36-58(64)60-44-46-68-74(76(60)90)62-38-16-20-42-66(62)88(68)56-33-11-4-12-34-56/h3-4,9-22,27-50H,1-2,5-8,23-26H2. The summed E-state index contributed by atoms with van der Waals surface area (Å²) in [5.41, 5.74) is 12.9. The Hall–Kier alpha value is -9.80. The van der Waals surface area contributed by atoms with Gasteiger partial charge in [-0.2, -0.15) is 26.3 Å². The topological polar surface area (TPSA) is 19.7 Å². The van der Waals surface area contributed by atoms with E-state index in [0.29, 0.717) is 27.9 Å². The molecule has 90 heavy (non-hydrogen) atoms. The van der Waals surface area contributed by atoms with E-state index in [0.717, 1.165) is 192 Å². The van der Waals surface area contributed by atoms with Crippen molar-refractivity contribution < 1.29 is 26.3 Å². The van der Waals surface area contributed by atoms with E-state index in [1.54, 1.807) is 0 Å². The van der Waals surface area contributed by atoms with Gasteiger partial charge in [0.15, 0.2) is 0 Å². The highest BCUT2D eigenvalue weighted by Crippen LogP contribution is 2.58. The third kappa shape index (κ3) is 8.35. The number of aromatic nitrogens is 4. The van der Waals surface area contributed by atoms with E-state index in [1.165, 1.54) is 24.3 Å². The van der Waals surface area contributed by atoms with E-state index in [2.05, 4.69) is 140 Å². The molecule has 0 amide bonds. The van der Waals surface area contributed by atoms with Crippen molar-refractivity contribution >= 4 is 87.2 Å². The van der Waals surface area contributed by atoms with Gasteiger partial charge in [-0.05, 0) is 145 Å². The van der Waals surface area contributed by atoms with Crippen molar-refractivity contribution in [2.75, 3.05) is 0 Å². The normalized spacial score (nSPS) is 14.9. The zero-order valence-electron chi connectivity index (χ0n) is 49.2. The van der Waals surface area contributed by atoms with Gasteiger partial charge in [0.25, 0.3) is 0 Å². The largest absolute Gasteiger partial charge is 0.416 e. The monoisotopic (exact) mass is 1190 g/mol. The first-order chi connectivity index (χ1) is 44.0. The summed E-state index contributed by atoms with van der Waals surface area (Å²) in [6.45, 7) is 0. The number of benzene rings is 11. The molecular weight excluding hydrogens is 1130 g/mol. The molecule has 442 valence electrons. The average Bonchev–Trinajstić information content (AvgIpc) is 1.41. The molecule has 0 bridgehead atoms. The maximum absolute atomic E-state index is 15.9. The lowest BCUT2D eigenvalue weighted by molar-refractivity contribution is -0.138. The van der Waals surface area contributed by atoms with Crippen LogP contribution in [-0.2, 0) is 12.4 Å². The van der Waals surface area contributed by atoms with Crippen LogP contribution in [-0.4, -0.2) is 18.3 Å². The molecule has 4 heterocycles. The lowest BCUT2D eigenvalue weighted by Crippen LogP contribution is -2.20. The van der Waals surface area contributed by atoms with E-state index in [1.807, 2.05) is 72.8 Å². The third-order valence-electron chi connectivity index (χ3n) is 19.9. The second-order valence-corrected chi connectivity index (χ2v) is 24.9. The minimum Gasteiger partial charge on any atom is -0.309 e. The molecule has 0 saturated heterocycles. The lowest BCUT2D eigenvalue weighted by Gasteiger charge is -2.37. The molecule has 2 aliphatic carbocycles. The molecule has 10 heteroatoms. The van der Waals surface area contributed by atoms with Gasteiger partial charge in [0.1, 0.15) is 0 Å². The summed E-state index contributed by atoms with van der Waals surface area (Å²) in [7, 11) is 0. The van der Waals surface area contributed by atoms with Crippen LogP contribution in [0.25, 0.3) is 132 Å². The highest BCUT2D eigenvalue weighted by atomic mass is 19.4. The first-order valence-corrected chi connectivity index (χ1v) is 31.6. The molecule has 4 nitrogen and oxygen atoms in total. The fourth-order valence-electron chi connectivity index (χ4n) is 16.3. The first-order valence-electron chi connectivity index (χ1n) is 31.6. The number of hydrogen-bond acceptors (Lipinski definition) is 0. The molecule has 15 aromatic rings. The predicted octanol–water partition coefficient (Wildman–Crippen LogP) is 23.5. The molecular formula is C80H60F6N4. The zero-order valence-corrected chi connectivity index (χ0v) is 49.2. The Bertz CT molecular complexity index is 5250. The maximum Gasteiger partial charge on any atom is 0.416 e. The van der Waals surface area contributed by atoms with Crippen LogP contribution in [0.4, 0.5) is 26.3 Å². The van der Waals surface area contributed by atoms with Crippen LogP contribution in [0.2, 0.25) is 0 Å². The quantitative estimate of drug-likeness (QED) is 0.135. The van der Waals surface area contributed by atoms with Crippen molar-refractivity contribution in [3.05, 3.63) is 253 Å².